The third-order valence-corrected chi connectivity index (χ3v) is 6.98. The first-order valence-electron chi connectivity index (χ1n) is 9.96. The summed E-state index contributed by atoms with van der Waals surface area (Å²) in [6.07, 6.45) is 3.37. The molecule has 2 fully saturated rings. The molecule has 2 aromatic carbocycles. The van der Waals surface area contributed by atoms with E-state index in [2.05, 4.69) is 36.4 Å². The maximum atomic E-state index is 12.6. The minimum atomic E-state index is -0.222. The van der Waals surface area contributed by atoms with E-state index in [1.54, 1.807) is 0 Å². The van der Waals surface area contributed by atoms with Gasteiger partial charge in [-0.1, -0.05) is 48.5 Å². The zero-order valence-corrected chi connectivity index (χ0v) is 15.4. The highest BCUT2D eigenvalue weighted by Crippen LogP contribution is 2.49. The van der Waals surface area contributed by atoms with E-state index in [1.807, 2.05) is 17.0 Å². The van der Waals surface area contributed by atoms with Crippen molar-refractivity contribution in [2.75, 3.05) is 19.7 Å². The Labute approximate surface area is 159 Å². The molecule has 140 valence electrons. The van der Waals surface area contributed by atoms with Crippen LogP contribution in [0.1, 0.15) is 42.7 Å². The fraction of sp³-hybridized carbons (Fsp3) is 0.435. The first-order valence-corrected chi connectivity index (χ1v) is 9.96. The predicted molar refractivity (Wildman–Crippen MR) is 104 cm³/mol. The fourth-order valence-corrected chi connectivity index (χ4v) is 5.08. The number of piperidine rings is 1. The van der Waals surface area contributed by atoms with E-state index in [1.165, 1.54) is 22.3 Å². The fourth-order valence-electron chi connectivity index (χ4n) is 5.08. The molecule has 0 bridgehead atoms. The van der Waals surface area contributed by atoms with Gasteiger partial charge in [0.05, 0.1) is 6.10 Å². The second-order valence-electron chi connectivity index (χ2n) is 8.21. The van der Waals surface area contributed by atoms with Crippen molar-refractivity contribution in [3.05, 3.63) is 59.7 Å². The van der Waals surface area contributed by atoms with Gasteiger partial charge in [0, 0.05) is 19.0 Å². The molecule has 1 saturated carbocycles. The Kier molecular flexibility index (Phi) is 3.97. The number of nitrogens with zero attached hydrogens (tertiary/aromatic N) is 1. The molecule has 1 N–H and O–H groups in total. The second kappa shape index (κ2) is 6.38. The summed E-state index contributed by atoms with van der Waals surface area (Å²) in [5.41, 5.74) is 5.03. The Hall–Kier alpha value is -2.33. The number of amides is 1. The molecule has 2 aliphatic carbocycles. The van der Waals surface area contributed by atoms with Gasteiger partial charge in [0.25, 0.3) is 0 Å². The molecule has 1 amide bonds. The number of carbonyl (C=O) groups is 1. The summed E-state index contributed by atoms with van der Waals surface area (Å²) in [6.45, 7) is 1.75. The third-order valence-electron chi connectivity index (χ3n) is 6.98. The Bertz CT molecular complexity index is 824. The van der Waals surface area contributed by atoms with Crippen LogP contribution in [0.25, 0.3) is 11.1 Å². The van der Waals surface area contributed by atoms with E-state index in [0.29, 0.717) is 19.7 Å². The number of aliphatic hydroxyl groups excluding tert-OH is 1. The first kappa shape index (κ1) is 16.8. The van der Waals surface area contributed by atoms with Gasteiger partial charge < -0.3 is 14.7 Å². The van der Waals surface area contributed by atoms with Crippen molar-refractivity contribution in [2.45, 2.75) is 37.7 Å². The Morgan fingerprint density at radius 2 is 1.59 bits per heavy atom. The van der Waals surface area contributed by atoms with Crippen molar-refractivity contribution in [3.63, 3.8) is 0 Å². The van der Waals surface area contributed by atoms with Gasteiger partial charge in [-0.3, -0.25) is 0 Å². The minimum Gasteiger partial charge on any atom is -0.448 e. The molecule has 1 heterocycles. The molecule has 1 unspecified atom stereocenters. The number of aliphatic hydroxyl groups is 1. The topological polar surface area (TPSA) is 49.8 Å². The number of benzene rings is 2. The molecule has 5 rings (SSSR count). The van der Waals surface area contributed by atoms with Crippen LogP contribution in [0.5, 0.6) is 0 Å². The molecule has 2 aromatic rings. The predicted octanol–water partition coefficient (Wildman–Crippen LogP) is 4.17. The van der Waals surface area contributed by atoms with Crippen LogP contribution in [-0.4, -0.2) is 41.9 Å². The summed E-state index contributed by atoms with van der Waals surface area (Å²) in [7, 11) is 0. The van der Waals surface area contributed by atoms with Crippen LogP contribution in [0.15, 0.2) is 48.5 Å². The molecule has 3 aliphatic rings. The van der Waals surface area contributed by atoms with Crippen LogP contribution in [0.3, 0.4) is 0 Å². The van der Waals surface area contributed by atoms with Gasteiger partial charge in [-0.25, -0.2) is 4.79 Å². The van der Waals surface area contributed by atoms with Gasteiger partial charge in [0.2, 0.25) is 0 Å². The monoisotopic (exact) mass is 363 g/mol. The van der Waals surface area contributed by atoms with E-state index < -0.39 is 0 Å². The van der Waals surface area contributed by atoms with E-state index >= 15 is 0 Å². The quantitative estimate of drug-likeness (QED) is 0.871. The summed E-state index contributed by atoms with van der Waals surface area (Å²) in [5.74, 6) is 0.103. The van der Waals surface area contributed by atoms with Crippen molar-refractivity contribution in [3.8, 4) is 11.1 Å². The Morgan fingerprint density at radius 3 is 2.11 bits per heavy atom. The van der Waals surface area contributed by atoms with Crippen LogP contribution < -0.4 is 0 Å². The van der Waals surface area contributed by atoms with Gasteiger partial charge in [-0.05, 0) is 53.4 Å². The number of rotatable bonds is 2. The summed E-state index contributed by atoms with van der Waals surface area (Å²) in [4.78, 5) is 14.4. The lowest BCUT2D eigenvalue weighted by atomic mass is 9.61. The van der Waals surface area contributed by atoms with Crippen LogP contribution in [0.4, 0.5) is 4.79 Å². The summed E-state index contributed by atoms with van der Waals surface area (Å²) >= 11 is 0. The highest BCUT2D eigenvalue weighted by Gasteiger charge is 2.48. The minimum absolute atomic E-state index is 0.0696. The summed E-state index contributed by atoms with van der Waals surface area (Å²) in [5, 5.41) is 10.0. The molecule has 0 radical (unpaired) electrons. The van der Waals surface area contributed by atoms with Crippen molar-refractivity contribution in [1.29, 1.82) is 0 Å². The molecular formula is C23H25NO3. The first-order chi connectivity index (χ1) is 13.2. The molecule has 1 atom stereocenters. The van der Waals surface area contributed by atoms with Crippen LogP contribution in [0.2, 0.25) is 0 Å². The molecule has 0 aromatic heterocycles. The van der Waals surface area contributed by atoms with Crippen molar-refractivity contribution < 1.29 is 14.6 Å². The highest BCUT2D eigenvalue weighted by molar-refractivity contribution is 5.79. The third kappa shape index (κ3) is 2.66. The van der Waals surface area contributed by atoms with Crippen LogP contribution in [0, 0.1) is 5.41 Å². The SMILES string of the molecule is O=C(OCC1c2ccccc2-c2ccccc21)N1CCC2(CCC2O)CC1. The summed E-state index contributed by atoms with van der Waals surface area (Å²) in [6, 6.07) is 16.8. The number of hydrogen-bond donors (Lipinski definition) is 1. The number of carbonyl (C=O) groups excluding carboxylic acids is 1. The molecule has 4 nitrogen and oxygen atoms in total. The normalized spacial score (nSPS) is 22.9. The van der Waals surface area contributed by atoms with Gasteiger partial charge in [0.15, 0.2) is 0 Å². The molecule has 27 heavy (non-hydrogen) atoms. The molecular weight excluding hydrogens is 338 g/mol. The molecule has 1 spiro atoms. The van der Waals surface area contributed by atoms with E-state index in [0.717, 1.165) is 25.7 Å². The maximum Gasteiger partial charge on any atom is 0.409 e. The van der Waals surface area contributed by atoms with E-state index in [4.69, 9.17) is 4.74 Å². The molecule has 4 heteroatoms. The van der Waals surface area contributed by atoms with Gasteiger partial charge >= 0.3 is 6.09 Å². The highest BCUT2D eigenvalue weighted by atomic mass is 16.6. The number of fused-ring (bicyclic) bond motifs is 3. The molecule has 1 saturated heterocycles. The van der Waals surface area contributed by atoms with Gasteiger partial charge in [0.1, 0.15) is 6.61 Å². The standard InChI is InChI=1S/C23H25NO3/c25-21-9-10-23(21)11-13-24(14-12-23)22(26)27-15-20-18-7-3-1-5-16(18)17-6-2-4-8-19(17)20/h1-8,20-21,25H,9-15H2. The van der Waals surface area contributed by atoms with E-state index in [-0.39, 0.29) is 23.5 Å². The zero-order chi connectivity index (χ0) is 18.4. The zero-order valence-electron chi connectivity index (χ0n) is 15.4. The number of ether oxygens (including phenoxy) is 1. The number of hydrogen-bond acceptors (Lipinski definition) is 3. The largest absolute Gasteiger partial charge is 0.448 e. The lowest BCUT2D eigenvalue weighted by molar-refractivity contribution is -0.0970. The van der Waals surface area contributed by atoms with Crippen molar-refractivity contribution in [1.82, 2.24) is 4.90 Å². The van der Waals surface area contributed by atoms with Crippen molar-refractivity contribution in [2.24, 2.45) is 5.41 Å². The Morgan fingerprint density at radius 1 is 1.00 bits per heavy atom. The van der Waals surface area contributed by atoms with Crippen molar-refractivity contribution >= 4 is 6.09 Å². The maximum absolute atomic E-state index is 12.6. The Balaban J connectivity index is 1.26. The van der Waals surface area contributed by atoms with E-state index in [9.17, 15) is 9.90 Å². The van der Waals surface area contributed by atoms with Gasteiger partial charge in [-0.2, -0.15) is 0 Å². The summed E-state index contributed by atoms with van der Waals surface area (Å²) < 4.78 is 5.75. The second-order valence-corrected chi connectivity index (χ2v) is 8.21. The van der Waals surface area contributed by atoms with Gasteiger partial charge in [-0.15, -0.1) is 0 Å². The number of likely N-dealkylation sites (tertiary alicyclic amines) is 1. The lowest BCUT2D eigenvalue weighted by Crippen LogP contribution is -2.53. The van der Waals surface area contributed by atoms with Crippen LogP contribution in [-0.2, 0) is 4.74 Å². The average molecular weight is 363 g/mol. The van der Waals surface area contributed by atoms with Crippen LogP contribution >= 0.6 is 0 Å². The lowest BCUT2D eigenvalue weighted by Gasteiger charge is -2.51. The average Bonchev–Trinajstić information content (AvgIpc) is 3.05. The molecule has 1 aliphatic heterocycles. The smallest absolute Gasteiger partial charge is 0.409 e.